The maximum absolute atomic E-state index is 11.3. The predicted molar refractivity (Wildman–Crippen MR) is 74.8 cm³/mol. The summed E-state index contributed by atoms with van der Waals surface area (Å²) in [6.45, 7) is 6.08. The predicted octanol–water partition coefficient (Wildman–Crippen LogP) is 0.0127. The van der Waals surface area contributed by atoms with Crippen LogP contribution in [-0.2, 0) is 14.6 Å². The molecule has 0 rings (SSSR count). The lowest BCUT2D eigenvalue weighted by atomic mass is 10.5. The van der Waals surface area contributed by atoms with Crippen molar-refractivity contribution in [3.05, 3.63) is 0 Å². The molecule has 0 aliphatic heterocycles. The lowest BCUT2D eigenvalue weighted by Crippen LogP contribution is -2.39. The van der Waals surface area contributed by atoms with E-state index in [-0.39, 0.29) is 11.5 Å². The fraction of sp³-hybridized carbons (Fsp3) is 0.909. The fourth-order valence-corrected chi connectivity index (χ4v) is 1.91. The number of hydrogen-bond donors (Lipinski definition) is 2. The van der Waals surface area contributed by atoms with Gasteiger partial charge in [0.1, 0.15) is 0 Å². The molecule has 0 unspecified atom stereocenters. The number of sulfone groups is 1. The molecule has 0 aliphatic rings. The van der Waals surface area contributed by atoms with Crippen molar-refractivity contribution in [1.29, 1.82) is 0 Å². The Balaban J connectivity index is 4.03. The minimum absolute atomic E-state index is 0.131. The van der Waals surface area contributed by atoms with Gasteiger partial charge in [-0.05, 0) is 13.3 Å². The van der Waals surface area contributed by atoms with Crippen molar-refractivity contribution in [2.75, 3.05) is 44.9 Å². The van der Waals surface area contributed by atoms with Gasteiger partial charge in [0.25, 0.3) is 0 Å². The number of nitrogens with zero attached hydrogens (tertiary/aromatic N) is 1. The van der Waals surface area contributed by atoms with Gasteiger partial charge >= 0.3 is 0 Å². The smallest absolute Gasteiger partial charge is 0.191 e. The van der Waals surface area contributed by atoms with Crippen LogP contribution in [-0.4, -0.2) is 59.2 Å². The summed E-state index contributed by atoms with van der Waals surface area (Å²) < 4.78 is 27.6. The highest BCUT2D eigenvalue weighted by Crippen LogP contribution is 1.87. The maximum atomic E-state index is 11.3. The minimum atomic E-state index is -2.92. The van der Waals surface area contributed by atoms with E-state index in [9.17, 15) is 8.42 Å². The molecule has 6 nitrogen and oxygen atoms in total. The SMILES string of the molecule is CCNC(=NCCCOC)NCCS(=O)(=O)CC. The van der Waals surface area contributed by atoms with Gasteiger partial charge in [0.2, 0.25) is 0 Å². The molecule has 0 radical (unpaired) electrons. The van der Waals surface area contributed by atoms with Crippen LogP contribution in [0.3, 0.4) is 0 Å². The number of methoxy groups -OCH3 is 1. The Morgan fingerprint density at radius 1 is 1.28 bits per heavy atom. The van der Waals surface area contributed by atoms with Gasteiger partial charge in [-0.15, -0.1) is 0 Å². The van der Waals surface area contributed by atoms with E-state index in [1.165, 1.54) is 0 Å². The van der Waals surface area contributed by atoms with E-state index in [4.69, 9.17) is 4.74 Å². The van der Waals surface area contributed by atoms with Crippen molar-refractivity contribution >= 4 is 15.8 Å². The molecule has 0 aromatic carbocycles. The summed E-state index contributed by atoms with van der Waals surface area (Å²) in [4.78, 5) is 4.32. The van der Waals surface area contributed by atoms with Crippen molar-refractivity contribution in [2.24, 2.45) is 4.99 Å². The number of hydrogen-bond acceptors (Lipinski definition) is 4. The third kappa shape index (κ3) is 9.23. The van der Waals surface area contributed by atoms with Crippen LogP contribution in [0.25, 0.3) is 0 Å². The van der Waals surface area contributed by atoms with Crippen LogP contribution < -0.4 is 10.6 Å². The molecule has 0 heterocycles. The van der Waals surface area contributed by atoms with E-state index in [1.54, 1.807) is 14.0 Å². The number of rotatable bonds is 9. The Morgan fingerprint density at radius 2 is 2.00 bits per heavy atom. The normalized spacial score (nSPS) is 12.5. The molecule has 0 amide bonds. The topological polar surface area (TPSA) is 79.8 Å². The summed E-state index contributed by atoms with van der Waals surface area (Å²) in [5.74, 6) is 0.960. The standard InChI is InChI=1S/C11H25N3O3S/c1-4-12-11(13-7-6-9-17-3)14-8-10-18(15,16)5-2/h4-10H2,1-3H3,(H2,12,13,14). The second-order valence-electron chi connectivity index (χ2n) is 3.77. The second-order valence-corrected chi connectivity index (χ2v) is 6.24. The minimum Gasteiger partial charge on any atom is -0.385 e. The Hall–Kier alpha value is -0.820. The lowest BCUT2D eigenvalue weighted by molar-refractivity contribution is 0.197. The summed E-state index contributed by atoms with van der Waals surface area (Å²) in [7, 11) is -1.27. The van der Waals surface area contributed by atoms with Crippen LogP contribution in [0.4, 0.5) is 0 Å². The van der Waals surface area contributed by atoms with Crippen molar-refractivity contribution in [3.63, 3.8) is 0 Å². The van der Waals surface area contributed by atoms with Gasteiger partial charge in [0.05, 0.1) is 5.75 Å². The molecule has 7 heteroatoms. The van der Waals surface area contributed by atoms with Crippen LogP contribution in [0.1, 0.15) is 20.3 Å². The van der Waals surface area contributed by atoms with Gasteiger partial charge in [-0.2, -0.15) is 0 Å². The second kappa shape index (κ2) is 10.1. The van der Waals surface area contributed by atoms with Crippen molar-refractivity contribution in [3.8, 4) is 0 Å². The first-order valence-corrected chi connectivity index (χ1v) is 8.09. The average Bonchev–Trinajstić information content (AvgIpc) is 2.34. The highest BCUT2D eigenvalue weighted by Gasteiger charge is 2.07. The summed E-state index contributed by atoms with van der Waals surface area (Å²) in [6, 6.07) is 0. The molecular formula is C11H25N3O3S. The molecule has 18 heavy (non-hydrogen) atoms. The quantitative estimate of drug-likeness (QED) is 0.353. The lowest BCUT2D eigenvalue weighted by Gasteiger charge is -2.11. The van der Waals surface area contributed by atoms with E-state index in [0.29, 0.717) is 25.7 Å². The molecule has 0 aromatic rings. The van der Waals surface area contributed by atoms with Gasteiger partial charge in [0, 0.05) is 39.1 Å². The van der Waals surface area contributed by atoms with Crippen molar-refractivity contribution in [2.45, 2.75) is 20.3 Å². The molecule has 0 spiro atoms. The van der Waals surface area contributed by atoms with E-state index >= 15 is 0 Å². The summed E-state index contributed by atoms with van der Waals surface area (Å²) in [6.07, 6.45) is 0.848. The summed E-state index contributed by atoms with van der Waals surface area (Å²) >= 11 is 0. The van der Waals surface area contributed by atoms with E-state index in [0.717, 1.165) is 13.0 Å². The van der Waals surface area contributed by atoms with Crippen LogP contribution >= 0.6 is 0 Å². The maximum Gasteiger partial charge on any atom is 0.191 e. The zero-order valence-corrected chi connectivity index (χ0v) is 12.3. The Labute approximate surface area is 110 Å². The first-order valence-electron chi connectivity index (χ1n) is 6.27. The zero-order valence-electron chi connectivity index (χ0n) is 11.5. The van der Waals surface area contributed by atoms with Gasteiger partial charge in [-0.25, -0.2) is 8.42 Å². The summed E-state index contributed by atoms with van der Waals surface area (Å²) in [5, 5.41) is 6.07. The Morgan fingerprint density at radius 3 is 2.56 bits per heavy atom. The Kier molecular flexibility index (Phi) is 9.67. The van der Waals surface area contributed by atoms with Crippen molar-refractivity contribution < 1.29 is 13.2 Å². The molecule has 0 saturated heterocycles. The van der Waals surface area contributed by atoms with Crippen LogP contribution in [0, 0.1) is 0 Å². The molecule has 0 atom stereocenters. The first kappa shape index (κ1) is 17.2. The molecule has 108 valence electrons. The van der Waals surface area contributed by atoms with Gasteiger partial charge in [0.15, 0.2) is 15.8 Å². The fourth-order valence-electron chi connectivity index (χ4n) is 1.21. The van der Waals surface area contributed by atoms with E-state index in [1.807, 2.05) is 6.92 Å². The van der Waals surface area contributed by atoms with Crippen LogP contribution in [0.15, 0.2) is 4.99 Å². The van der Waals surface area contributed by atoms with Crippen molar-refractivity contribution in [1.82, 2.24) is 10.6 Å². The molecule has 0 fully saturated rings. The molecule has 0 aliphatic carbocycles. The monoisotopic (exact) mass is 279 g/mol. The summed E-state index contributed by atoms with van der Waals surface area (Å²) in [5.41, 5.74) is 0. The highest BCUT2D eigenvalue weighted by atomic mass is 32.2. The third-order valence-electron chi connectivity index (χ3n) is 2.27. The third-order valence-corrected chi connectivity index (χ3v) is 3.97. The molecule has 2 N–H and O–H groups in total. The number of guanidine groups is 1. The number of ether oxygens (including phenoxy) is 1. The van der Waals surface area contributed by atoms with Gasteiger partial charge in [-0.1, -0.05) is 6.92 Å². The van der Waals surface area contributed by atoms with Crippen LogP contribution in [0.2, 0.25) is 0 Å². The largest absolute Gasteiger partial charge is 0.385 e. The number of aliphatic imine (C=N–C) groups is 1. The zero-order chi connectivity index (χ0) is 13.9. The van der Waals surface area contributed by atoms with Crippen LogP contribution in [0.5, 0.6) is 0 Å². The molecule has 0 aromatic heterocycles. The molecule has 0 bridgehead atoms. The van der Waals surface area contributed by atoms with Gasteiger partial charge in [-0.3, -0.25) is 4.99 Å². The highest BCUT2D eigenvalue weighted by molar-refractivity contribution is 7.91. The number of nitrogens with one attached hydrogen (secondary N) is 2. The molecular weight excluding hydrogens is 254 g/mol. The van der Waals surface area contributed by atoms with Gasteiger partial charge < -0.3 is 15.4 Å². The average molecular weight is 279 g/mol. The van der Waals surface area contributed by atoms with E-state index < -0.39 is 9.84 Å². The first-order chi connectivity index (χ1) is 8.55. The van der Waals surface area contributed by atoms with E-state index in [2.05, 4.69) is 15.6 Å². The molecule has 0 saturated carbocycles. The Bertz CT molecular complexity index is 328.